The highest BCUT2D eigenvalue weighted by Gasteiger charge is 2.36. The number of ether oxygens (including phenoxy) is 2. The smallest absolute Gasteiger partial charge is 0.336 e. The van der Waals surface area contributed by atoms with Gasteiger partial charge in [-0.2, -0.15) is 0 Å². The van der Waals surface area contributed by atoms with Gasteiger partial charge in [-0.1, -0.05) is 18.2 Å². The summed E-state index contributed by atoms with van der Waals surface area (Å²) in [5.41, 5.74) is 3.81. The molecule has 0 aliphatic carbocycles. The number of carbonyl (C=O) groups excluding carboxylic acids is 2. The molecule has 0 N–H and O–H groups in total. The minimum absolute atomic E-state index is 0.175. The topological polar surface area (TPSA) is 55.8 Å². The normalized spacial score (nSPS) is 14.0. The summed E-state index contributed by atoms with van der Waals surface area (Å²) in [7, 11) is 0. The molecule has 2 aromatic carbocycles. The van der Waals surface area contributed by atoms with E-state index in [0.717, 1.165) is 16.8 Å². The zero-order chi connectivity index (χ0) is 22.5. The minimum Gasteiger partial charge on any atom is -0.463 e. The number of benzene rings is 2. The van der Waals surface area contributed by atoms with Gasteiger partial charge in [0.2, 0.25) is 0 Å². The van der Waals surface area contributed by atoms with Gasteiger partial charge in [0.1, 0.15) is 5.82 Å². The Morgan fingerprint density at radius 2 is 1.45 bits per heavy atom. The third-order valence-electron chi connectivity index (χ3n) is 4.89. The van der Waals surface area contributed by atoms with Crippen molar-refractivity contribution in [3.05, 3.63) is 88.5 Å². The Balaban J connectivity index is 2.20. The van der Waals surface area contributed by atoms with Crippen molar-refractivity contribution in [1.29, 1.82) is 0 Å². The number of rotatable bonds is 6. The molecule has 1 aliphatic heterocycles. The Kier molecular flexibility index (Phi) is 6.90. The van der Waals surface area contributed by atoms with Gasteiger partial charge in [0.25, 0.3) is 0 Å². The molecule has 1 aliphatic rings. The highest BCUT2D eigenvalue weighted by atomic mass is 19.1. The van der Waals surface area contributed by atoms with Gasteiger partial charge < -0.3 is 14.4 Å². The van der Waals surface area contributed by atoms with Crippen LogP contribution in [0.5, 0.6) is 0 Å². The first-order chi connectivity index (χ1) is 14.8. The van der Waals surface area contributed by atoms with Crippen molar-refractivity contribution in [2.75, 3.05) is 18.1 Å². The van der Waals surface area contributed by atoms with Gasteiger partial charge in [0.05, 0.1) is 30.3 Å². The van der Waals surface area contributed by atoms with Gasteiger partial charge in [-0.3, -0.25) is 0 Å². The fourth-order valence-corrected chi connectivity index (χ4v) is 3.72. The number of aryl methyl sites for hydroxylation is 2. The summed E-state index contributed by atoms with van der Waals surface area (Å²) in [6, 6.07) is 11.8. The quantitative estimate of drug-likeness (QED) is 0.616. The highest BCUT2D eigenvalue weighted by molar-refractivity contribution is 6.00. The summed E-state index contributed by atoms with van der Waals surface area (Å²) in [6.07, 6.45) is 3.29. The van der Waals surface area contributed by atoms with Crippen molar-refractivity contribution < 1.29 is 23.5 Å². The lowest BCUT2D eigenvalue weighted by atomic mass is 9.83. The molecular formula is C25H26FNO4. The summed E-state index contributed by atoms with van der Waals surface area (Å²) < 4.78 is 24.6. The van der Waals surface area contributed by atoms with Gasteiger partial charge in [-0.05, 0) is 68.7 Å². The molecule has 0 aromatic heterocycles. The second-order valence-electron chi connectivity index (χ2n) is 7.35. The van der Waals surface area contributed by atoms with Crippen LogP contribution in [0.15, 0.2) is 66.0 Å². The van der Waals surface area contributed by atoms with E-state index in [-0.39, 0.29) is 24.4 Å². The maximum absolute atomic E-state index is 14.0. The van der Waals surface area contributed by atoms with Gasteiger partial charge in [-0.15, -0.1) is 0 Å². The Morgan fingerprint density at radius 3 is 1.94 bits per heavy atom. The zero-order valence-corrected chi connectivity index (χ0v) is 18.1. The Morgan fingerprint density at radius 1 is 0.903 bits per heavy atom. The molecule has 0 atom stereocenters. The lowest BCUT2D eigenvalue weighted by molar-refractivity contribution is -0.139. The summed E-state index contributed by atoms with van der Waals surface area (Å²) >= 11 is 0. The third-order valence-corrected chi connectivity index (χ3v) is 4.89. The molecule has 0 amide bonds. The van der Waals surface area contributed by atoms with E-state index in [1.807, 2.05) is 32.0 Å². The second kappa shape index (κ2) is 9.60. The van der Waals surface area contributed by atoms with E-state index in [0.29, 0.717) is 5.56 Å². The van der Waals surface area contributed by atoms with Crippen LogP contribution in [0.4, 0.5) is 10.1 Å². The van der Waals surface area contributed by atoms with Gasteiger partial charge >= 0.3 is 11.9 Å². The van der Waals surface area contributed by atoms with Crippen LogP contribution in [-0.2, 0) is 19.1 Å². The largest absolute Gasteiger partial charge is 0.463 e. The van der Waals surface area contributed by atoms with Crippen LogP contribution in [-0.4, -0.2) is 25.2 Å². The predicted molar refractivity (Wildman–Crippen MR) is 117 cm³/mol. The molecule has 0 fully saturated rings. The van der Waals surface area contributed by atoms with E-state index < -0.39 is 23.7 Å². The van der Waals surface area contributed by atoms with Crippen LogP contribution in [0.1, 0.15) is 36.5 Å². The lowest BCUT2D eigenvalue weighted by Crippen LogP contribution is -2.29. The van der Waals surface area contributed by atoms with Crippen molar-refractivity contribution in [2.24, 2.45) is 0 Å². The first kappa shape index (κ1) is 22.3. The van der Waals surface area contributed by atoms with Crippen LogP contribution in [0.2, 0.25) is 0 Å². The van der Waals surface area contributed by atoms with Crippen LogP contribution < -0.4 is 4.90 Å². The van der Waals surface area contributed by atoms with Crippen molar-refractivity contribution in [1.82, 2.24) is 0 Å². The molecule has 0 spiro atoms. The maximum atomic E-state index is 14.0. The van der Waals surface area contributed by atoms with E-state index in [1.54, 1.807) is 43.3 Å². The molecule has 5 nitrogen and oxygen atoms in total. The first-order valence-corrected chi connectivity index (χ1v) is 10.2. The van der Waals surface area contributed by atoms with E-state index in [4.69, 9.17) is 9.47 Å². The molecule has 1 heterocycles. The second-order valence-corrected chi connectivity index (χ2v) is 7.35. The maximum Gasteiger partial charge on any atom is 0.336 e. The summed E-state index contributed by atoms with van der Waals surface area (Å²) in [6.45, 7) is 7.72. The molecule has 6 heteroatoms. The van der Waals surface area contributed by atoms with E-state index >= 15 is 0 Å². The molecule has 0 bridgehead atoms. The Bertz CT molecular complexity index is 1000. The number of esters is 2. The van der Waals surface area contributed by atoms with Crippen LogP contribution in [0.25, 0.3) is 0 Å². The number of anilines is 1. The average molecular weight is 423 g/mol. The Hall–Kier alpha value is -3.41. The van der Waals surface area contributed by atoms with Crippen molar-refractivity contribution in [3.63, 3.8) is 0 Å². The van der Waals surface area contributed by atoms with Crippen molar-refractivity contribution in [3.8, 4) is 0 Å². The lowest BCUT2D eigenvalue weighted by Gasteiger charge is -2.30. The Labute approximate surface area is 181 Å². The fourth-order valence-electron chi connectivity index (χ4n) is 3.72. The first-order valence-electron chi connectivity index (χ1n) is 10.2. The summed E-state index contributed by atoms with van der Waals surface area (Å²) in [5.74, 6) is -2.40. The standard InChI is InChI=1S/C25H26FNO4/c1-5-30-24(28)21-14-27(20-11-16(3)10-17(4)12-20)15-22(25(29)31-6-2)23(21)18-8-7-9-19(26)13-18/h7-15,23H,5-6H2,1-4H3. The highest BCUT2D eigenvalue weighted by Crippen LogP contribution is 2.39. The molecule has 2 aromatic rings. The van der Waals surface area contributed by atoms with Crippen LogP contribution >= 0.6 is 0 Å². The summed E-state index contributed by atoms with van der Waals surface area (Å²) in [5, 5.41) is 0. The predicted octanol–water partition coefficient (Wildman–Crippen LogP) is 4.94. The average Bonchev–Trinajstić information content (AvgIpc) is 2.72. The SMILES string of the molecule is CCOC(=O)C1=CN(c2cc(C)cc(C)c2)C=C(C(=O)OCC)C1c1cccc(F)c1. The van der Waals surface area contributed by atoms with Crippen LogP contribution in [0.3, 0.4) is 0 Å². The molecule has 3 rings (SSSR count). The van der Waals surface area contributed by atoms with Gasteiger partial charge in [-0.25, -0.2) is 14.0 Å². The molecule has 0 saturated carbocycles. The number of carbonyl (C=O) groups is 2. The van der Waals surface area contributed by atoms with Gasteiger partial charge in [0.15, 0.2) is 0 Å². The number of nitrogens with zero attached hydrogens (tertiary/aromatic N) is 1. The monoisotopic (exact) mass is 423 g/mol. The van der Waals surface area contributed by atoms with E-state index in [2.05, 4.69) is 0 Å². The molecular weight excluding hydrogens is 397 g/mol. The molecule has 0 radical (unpaired) electrons. The fraction of sp³-hybridized carbons (Fsp3) is 0.280. The third kappa shape index (κ3) is 5.02. The van der Waals surface area contributed by atoms with Crippen LogP contribution in [0, 0.1) is 19.7 Å². The number of halogens is 1. The zero-order valence-electron chi connectivity index (χ0n) is 18.1. The van der Waals surface area contributed by atoms with Crippen molar-refractivity contribution >= 4 is 17.6 Å². The van der Waals surface area contributed by atoms with Gasteiger partial charge in [0, 0.05) is 18.1 Å². The van der Waals surface area contributed by atoms with Crippen molar-refractivity contribution in [2.45, 2.75) is 33.6 Å². The number of hydrogen-bond acceptors (Lipinski definition) is 5. The molecule has 0 unspecified atom stereocenters. The molecule has 31 heavy (non-hydrogen) atoms. The molecule has 162 valence electrons. The van der Waals surface area contributed by atoms with E-state index in [9.17, 15) is 14.0 Å². The number of hydrogen-bond donors (Lipinski definition) is 0. The molecule has 0 saturated heterocycles. The summed E-state index contributed by atoms with van der Waals surface area (Å²) in [4.78, 5) is 27.5. The minimum atomic E-state index is -0.809. The van der Waals surface area contributed by atoms with E-state index in [1.165, 1.54) is 12.1 Å².